The largest absolute Gasteiger partial charge is 0.439 e. The van der Waals surface area contributed by atoms with Gasteiger partial charge < -0.3 is 20.3 Å². The summed E-state index contributed by atoms with van der Waals surface area (Å²) in [5, 5.41) is 6.67. The van der Waals surface area contributed by atoms with Gasteiger partial charge in [0.05, 0.1) is 22.4 Å². The van der Waals surface area contributed by atoms with Crippen molar-refractivity contribution in [3.63, 3.8) is 0 Å². The second-order valence-corrected chi connectivity index (χ2v) is 10.1. The zero-order valence-corrected chi connectivity index (χ0v) is 21.3. The first-order chi connectivity index (χ1) is 18.5. The van der Waals surface area contributed by atoms with Gasteiger partial charge in [-0.05, 0) is 49.2 Å². The average Bonchev–Trinajstić information content (AvgIpc) is 3.30. The van der Waals surface area contributed by atoms with Crippen molar-refractivity contribution in [1.29, 1.82) is 0 Å². The lowest BCUT2D eigenvalue weighted by Crippen LogP contribution is -2.49. The summed E-state index contributed by atoms with van der Waals surface area (Å²) in [5.74, 6) is 0.779. The Labute approximate surface area is 222 Å². The van der Waals surface area contributed by atoms with E-state index in [1.54, 1.807) is 58.6 Å². The van der Waals surface area contributed by atoms with E-state index in [0.717, 1.165) is 12.8 Å². The number of benzene rings is 1. The number of anilines is 3. The first-order valence-electron chi connectivity index (χ1n) is 12.3. The average molecular weight is 529 g/mol. The van der Waals surface area contributed by atoms with Gasteiger partial charge in [0.1, 0.15) is 15.5 Å². The van der Waals surface area contributed by atoms with Crippen molar-refractivity contribution in [2.75, 3.05) is 23.3 Å². The number of carbonyl (C=O) groups excluding carboxylic acids is 3. The van der Waals surface area contributed by atoms with Gasteiger partial charge in [0.25, 0.3) is 5.91 Å². The molecule has 4 amide bonds. The lowest BCUT2D eigenvalue weighted by Gasteiger charge is -2.32. The highest BCUT2D eigenvalue weighted by Crippen LogP contribution is 2.45. The Balaban J connectivity index is 1.28. The molecule has 192 valence electrons. The molecule has 0 radical (unpaired) electrons. The standard InChI is InChI=1S/C27H24N6O4S/c1-16(34)32-14-4-5-17(15-32)30-25(35)24-23-22-20(11-13-29-26(22)38-24)33(27(36)31-23)18-7-9-19(10-8-18)37-21-6-2-3-12-28-21/h2-3,6-13,17H,4-5,14-15H2,1H3,(H,30,35)(H,31,36). The second-order valence-electron chi connectivity index (χ2n) is 9.12. The van der Waals surface area contributed by atoms with Crippen LogP contribution in [0.2, 0.25) is 0 Å². The molecular formula is C27H24N6O4S. The third-order valence-corrected chi connectivity index (χ3v) is 7.71. The lowest BCUT2D eigenvalue weighted by molar-refractivity contribution is -0.130. The number of thiophene rings is 1. The molecule has 1 aromatic carbocycles. The predicted molar refractivity (Wildman–Crippen MR) is 144 cm³/mol. The molecule has 11 heteroatoms. The lowest BCUT2D eigenvalue weighted by atomic mass is 10.1. The monoisotopic (exact) mass is 528 g/mol. The summed E-state index contributed by atoms with van der Waals surface area (Å²) in [5.41, 5.74) is 1.74. The smallest absolute Gasteiger partial charge is 0.331 e. The number of nitrogens with one attached hydrogen (secondary N) is 2. The third-order valence-electron chi connectivity index (χ3n) is 6.61. The van der Waals surface area contributed by atoms with Gasteiger partial charge in [0, 0.05) is 44.5 Å². The van der Waals surface area contributed by atoms with Crippen molar-refractivity contribution < 1.29 is 19.1 Å². The minimum Gasteiger partial charge on any atom is -0.439 e. The van der Waals surface area contributed by atoms with Crippen LogP contribution in [0.3, 0.4) is 0 Å². The molecule has 0 spiro atoms. The molecule has 0 aliphatic carbocycles. The van der Waals surface area contributed by atoms with Gasteiger partial charge in [-0.25, -0.2) is 14.8 Å². The van der Waals surface area contributed by atoms with Crippen LogP contribution in [0.15, 0.2) is 60.9 Å². The number of ether oxygens (including phenoxy) is 1. The number of hydrogen-bond donors (Lipinski definition) is 2. The molecule has 0 bridgehead atoms. The van der Waals surface area contributed by atoms with E-state index in [9.17, 15) is 14.4 Å². The SMILES string of the molecule is CC(=O)N1CCCC(NC(=O)c2sc3nccc4c3c2NC(=O)N4c2ccc(Oc3ccccn3)cc2)C1. The Morgan fingerprint density at radius 1 is 1.11 bits per heavy atom. The van der Waals surface area contributed by atoms with Gasteiger partial charge >= 0.3 is 6.03 Å². The Kier molecular flexibility index (Phi) is 6.12. The van der Waals surface area contributed by atoms with Gasteiger partial charge in [-0.1, -0.05) is 6.07 Å². The summed E-state index contributed by atoms with van der Waals surface area (Å²) in [6.45, 7) is 2.71. The molecule has 38 heavy (non-hydrogen) atoms. The molecule has 4 aromatic rings. The van der Waals surface area contributed by atoms with Crippen LogP contribution in [0, 0.1) is 0 Å². The van der Waals surface area contributed by atoms with Crippen LogP contribution in [0.4, 0.5) is 21.9 Å². The van der Waals surface area contributed by atoms with Crippen molar-refractivity contribution in [1.82, 2.24) is 20.2 Å². The molecule has 1 atom stereocenters. The van der Waals surface area contributed by atoms with E-state index in [1.807, 2.05) is 12.1 Å². The number of amides is 4. The fourth-order valence-corrected chi connectivity index (χ4v) is 5.85. The zero-order chi connectivity index (χ0) is 26.2. The fourth-order valence-electron chi connectivity index (χ4n) is 4.82. The van der Waals surface area contributed by atoms with Crippen molar-refractivity contribution in [2.24, 2.45) is 0 Å². The van der Waals surface area contributed by atoms with E-state index < -0.39 is 0 Å². The summed E-state index contributed by atoms with van der Waals surface area (Å²) >= 11 is 1.24. The topological polar surface area (TPSA) is 117 Å². The highest BCUT2D eigenvalue weighted by Gasteiger charge is 2.33. The molecule has 2 N–H and O–H groups in total. The third kappa shape index (κ3) is 4.41. The molecule has 2 aliphatic heterocycles. The molecule has 0 saturated carbocycles. The number of nitrogens with zero attached hydrogens (tertiary/aromatic N) is 4. The van der Waals surface area contributed by atoms with Gasteiger partial charge in [0.15, 0.2) is 0 Å². The van der Waals surface area contributed by atoms with E-state index in [-0.39, 0.29) is 23.9 Å². The van der Waals surface area contributed by atoms with Crippen molar-refractivity contribution in [3.8, 4) is 11.6 Å². The van der Waals surface area contributed by atoms with Gasteiger partial charge in [-0.3, -0.25) is 14.5 Å². The minimum atomic E-state index is -0.378. The number of pyridine rings is 2. The molecule has 1 saturated heterocycles. The first kappa shape index (κ1) is 23.9. The molecule has 2 aliphatic rings. The zero-order valence-electron chi connectivity index (χ0n) is 20.5. The normalized spacial score (nSPS) is 16.8. The fraction of sp³-hybridized carbons (Fsp3) is 0.222. The van der Waals surface area contributed by atoms with E-state index in [1.165, 1.54) is 18.3 Å². The van der Waals surface area contributed by atoms with Crippen molar-refractivity contribution in [3.05, 3.63) is 65.8 Å². The molecule has 1 fully saturated rings. The summed E-state index contributed by atoms with van der Waals surface area (Å²) in [6, 6.07) is 13.8. The van der Waals surface area contributed by atoms with Crippen molar-refractivity contribution in [2.45, 2.75) is 25.8 Å². The maximum atomic E-state index is 13.3. The van der Waals surface area contributed by atoms with Gasteiger partial charge in [-0.15, -0.1) is 11.3 Å². The Bertz CT molecular complexity index is 1540. The number of aromatic nitrogens is 2. The van der Waals surface area contributed by atoms with Crippen LogP contribution in [0.1, 0.15) is 29.4 Å². The van der Waals surface area contributed by atoms with Crippen LogP contribution in [0.5, 0.6) is 11.6 Å². The van der Waals surface area contributed by atoms with Crippen LogP contribution < -0.4 is 20.3 Å². The Morgan fingerprint density at radius 2 is 1.95 bits per heavy atom. The summed E-state index contributed by atoms with van der Waals surface area (Å²) in [4.78, 5) is 51.4. The van der Waals surface area contributed by atoms with Crippen LogP contribution >= 0.6 is 11.3 Å². The maximum absolute atomic E-state index is 13.3. The van der Waals surface area contributed by atoms with Gasteiger partial charge in [-0.2, -0.15) is 0 Å². The van der Waals surface area contributed by atoms with E-state index in [0.29, 0.717) is 56.9 Å². The molecule has 1 unspecified atom stereocenters. The molecular weight excluding hydrogens is 504 g/mol. The summed E-state index contributed by atoms with van der Waals surface area (Å²) in [7, 11) is 0. The summed E-state index contributed by atoms with van der Waals surface area (Å²) < 4.78 is 5.77. The van der Waals surface area contributed by atoms with Crippen LogP contribution in [0.25, 0.3) is 10.2 Å². The van der Waals surface area contributed by atoms with E-state index >= 15 is 0 Å². The first-order valence-corrected chi connectivity index (χ1v) is 13.1. The van der Waals surface area contributed by atoms with Crippen LogP contribution in [-0.4, -0.2) is 51.8 Å². The minimum absolute atomic E-state index is 0.00146. The quantitative estimate of drug-likeness (QED) is 0.380. The highest BCUT2D eigenvalue weighted by atomic mass is 32.1. The van der Waals surface area contributed by atoms with Crippen molar-refractivity contribution >= 4 is 56.5 Å². The maximum Gasteiger partial charge on any atom is 0.331 e. The summed E-state index contributed by atoms with van der Waals surface area (Å²) in [6.07, 6.45) is 4.90. The molecule has 3 aromatic heterocycles. The number of urea groups is 1. The molecule has 10 nitrogen and oxygen atoms in total. The predicted octanol–water partition coefficient (Wildman–Crippen LogP) is 4.91. The second kappa shape index (κ2) is 9.75. The Hall–Kier alpha value is -4.51. The number of rotatable bonds is 5. The number of hydrogen-bond acceptors (Lipinski definition) is 7. The number of likely N-dealkylation sites (tertiary alicyclic amines) is 1. The Morgan fingerprint density at radius 3 is 2.71 bits per heavy atom. The van der Waals surface area contributed by atoms with Gasteiger partial charge in [0.2, 0.25) is 11.8 Å². The van der Waals surface area contributed by atoms with E-state index in [4.69, 9.17) is 4.74 Å². The molecule has 6 rings (SSSR count). The van der Waals surface area contributed by atoms with Crippen LogP contribution in [-0.2, 0) is 4.79 Å². The van der Waals surface area contributed by atoms with E-state index in [2.05, 4.69) is 20.6 Å². The number of piperidine rings is 1. The number of carbonyl (C=O) groups is 3. The molecule has 5 heterocycles. The highest BCUT2D eigenvalue weighted by molar-refractivity contribution is 7.21.